The summed E-state index contributed by atoms with van der Waals surface area (Å²) in [6.07, 6.45) is 7.02. The number of anilines is 1. The normalized spacial score (nSPS) is 20.4. The molecule has 0 spiro atoms. The highest BCUT2D eigenvalue weighted by Gasteiger charge is 2.32. The molecule has 1 saturated heterocycles. The van der Waals surface area contributed by atoms with Crippen molar-refractivity contribution in [3.63, 3.8) is 0 Å². The second-order valence-corrected chi connectivity index (χ2v) is 5.69. The molecule has 1 atom stereocenters. The predicted octanol–water partition coefficient (Wildman–Crippen LogP) is 0.0218. The summed E-state index contributed by atoms with van der Waals surface area (Å²) in [5.74, 6) is 0.213. The minimum absolute atomic E-state index is 0.0698. The molecular formula is C11H14N4O3S. The maximum absolute atomic E-state index is 12.1. The molecule has 2 N–H and O–H groups in total. The summed E-state index contributed by atoms with van der Waals surface area (Å²) in [5, 5.41) is 5.77. The Balaban J connectivity index is 2.01. The first-order valence-electron chi connectivity index (χ1n) is 5.74. The zero-order valence-corrected chi connectivity index (χ0v) is 11.0. The molecule has 7 nitrogen and oxygen atoms in total. The van der Waals surface area contributed by atoms with Gasteiger partial charge in [0.2, 0.25) is 15.9 Å². The molecule has 0 radical (unpaired) electrons. The summed E-state index contributed by atoms with van der Waals surface area (Å²) in [4.78, 5) is 21.7. The number of nitrogens with two attached hydrogens (primary N) is 1. The van der Waals surface area contributed by atoms with Crippen molar-refractivity contribution in [2.45, 2.75) is 12.8 Å². The van der Waals surface area contributed by atoms with Crippen LogP contribution in [-0.4, -0.2) is 30.8 Å². The second-order valence-electron chi connectivity index (χ2n) is 4.24. The van der Waals surface area contributed by atoms with Crippen LogP contribution in [0.3, 0.4) is 0 Å². The number of hydrogen-bond donors (Lipinski definition) is 1. The van der Waals surface area contributed by atoms with Crippen molar-refractivity contribution >= 4 is 21.7 Å². The quantitative estimate of drug-likeness (QED) is 0.838. The third kappa shape index (κ3) is 3.58. The van der Waals surface area contributed by atoms with Crippen LogP contribution in [0.25, 0.3) is 0 Å². The van der Waals surface area contributed by atoms with Gasteiger partial charge in [0.05, 0.1) is 6.20 Å². The molecule has 102 valence electrons. The average molecular weight is 282 g/mol. The molecule has 0 bridgehead atoms. The molecular weight excluding hydrogens is 268 g/mol. The largest absolute Gasteiger partial charge is 0.295 e. The average Bonchev–Trinajstić information content (AvgIpc) is 2.71. The van der Waals surface area contributed by atoms with Crippen molar-refractivity contribution < 1.29 is 13.2 Å². The van der Waals surface area contributed by atoms with Gasteiger partial charge >= 0.3 is 0 Å². The minimum atomic E-state index is -3.63. The van der Waals surface area contributed by atoms with Crippen LogP contribution in [-0.2, 0) is 14.8 Å². The zero-order valence-electron chi connectivity index (χ0n) is 10.1. The standard InChI is InChI=1S/C11H14N4O3S/c12-19(17,18)7-1-2-9-3-6-15(11(9)16)10-8-13-4-5-14-10/h1,4-5,7-9H,2-3,6H2,(H2,12,17,18)/t9-/m0/s1. The Morgan fingerprint density at radius 1 is 1.47 bits per heavy atom. The lowest BCUT2D eigenvalue weighted by atomic mass is 10.0. The molecule has 0 unspecified atom stereocenters. The third-order valence-electron chi connectivity index (χ3n) is 2.85. The Kier molecular flexibility index (Phi) is 3.91. The molecule has 1 amide bonds. The molecule has 19 heavy (non-hydrogen) atoms. The molecule has 1 aromatic heterocycles. The summed E-state index contributed by atoms with van der Waals surface area (Å²) in [6, 6.07) is 0. The fourth-order valence-electron chi connectivity index (χ4n) is 1.97. The second kappa shape index (κ2) is 5.45. The van der Waals surface area contributed by atoms with Gasteiger partial charge in [0, 0.05) is 30.3 Å². The van der Waals surface area contributed by atoms with Crippen LogP contribution in [0.15, 0.2) is 30.1 Å². The van der Waals surface area contributed by atoms with Crippen LogP contribution in [0.5, 0.6) is 0 Å². The van der Waals surface area contributed by atoms with Gasteiger partial charge in [-0.25, -0.2) is 18.5 Å². The van der Waals surface area contributed by atoms with E-state index in [1.54, 1.807) is 4.90 Å². The highest BCUT2D eigenvalue weighted by molar-refractivity contribution is 7.92. The lowest BCUT2D eigenvalue weighted by molar-refractivity contribution is -0.120. The fourth-order valence-corrected chi connectivity index (χ4v) is 2.35. The third-order valence-corrected chi connectivity index (χ3v) is 3.42. The van der Waals surface area contributed by atoms with E-state index in [1.807, 2.05) is 0 Å². The number of sulfonamides is 1. The van der Waals surface area contributed by atoms with Gasteiger partial charge in [-0.2, -0.15) is 0 Å². The van der Waals surface area contributed by atoms with Gasteiger partial charge in [-0.15, -0.1) is 0 Å². The number of nitrogens with zero attached hydrogens (tertiary/aromatic N) is 3. The first-order chi connectivity index (χ1) is 8.97. The lowest BCUT2D eigenvalue weighted by Gasteiger charge is -2.14. The van der Waals surface area contributed by atoms with E-state index in [2.05, 4.69) is 9.97 Å². The van der Waals surface area contributed by atoms with Crippen LogP contribution in [0, 0.1) is 5.92 Å². The highest BCUT2D eigenvalue weighted by Crippen LogP contribution is 2.25. The Bertz CT molecular complexity index is 585. The van der Waals surface area contributed by atoms with Gasteiger partial charge < -0.3 is 0 Å². The summed E-state index contributed by atoms with van der Waals surface area (Å²) < 4.78 is 21.5. The summed E-state index contributed by atoms with van der Waals surface area (Å²) in [5.41, 5.74) is 0. The molecule has 2 heterocycles. The Labute approximate surface area is 111 Å². The smallest absolute Gasteiger partial charge is 0.231 e. The van der Waals surface area contributed by atoms with Crippen LogP contribution in [0.1, 0.15) is 12.8 Å². The molecule has 1 aromatic rings. The van der Waals surface area contributed by atoms with Crippen molar-refractivity contribution in [3.8, 4) is 0 Å². The van der Waals surface area contributed by atoms with Gasteiger partial charge in [-0.3, -0.25) is 14.7 Å². The fraction of sp³-hybridized carbons (Fsp3) is 0.364. The van der Waals surface area contributed by atoms with Crippen LogP contribution < -0.4 is 10.0 Å². The number of hydrogen-bond acceptors (Lipinski definition) is 5. The van der Waals surface area contributed by atoms with E-state index in [1.165, 1.54) is 24.7 Å². The molecule has 0 aromatic carbocycles. The van der Waals surface area contributed by atoms with Crippen LogP contribution >= 0.6 is 0 Å². The SMILES string of the molecule is NS(=O)(=O)C=CC[C@H]1CCN(c2cnccn2)C1=O. The lowest BCUT2D eigenvalue weighted by Crippen LogP contribution is -2.27. The maximum Gasteiger partial charge on any atom is 0.231 e. The first-order valence-corrected chi connectivity index (χ1v) is 7.35. The van der Waals surface area contributed by atoms with Crippen LogP contribution in [0.4, 0.5) is 5.82 Å². The van der Waals surface area contributed by atoms with Gasteiger partial charge in [0.1, 0.15) is 0 Å². The van der Waals surface area contributed by atoms with E-state index in [0.717, 1.165) is 5.41 Å². The van der Waals surface area contributed by atoms with Gasteiger partial charge in [-0.05, 0) is 12.8 Å². The summed E-state index contributed by atoms with van der Waals surface area (Å²) >= 11 is 0. The van der Waals surface area contributed by atoms with Crippen molar-refractivity contribution in [3.05, 3.63) is 30.1 Å². The molecule has 0 saturated carbocycles. The Morgan fingerprint density at radius 3 is 2.89 bits per heavy atom. The molecule has 1 aliphatic heterocycles. The van der Waals surface area contributed by atoms with Crippen molar-refractivity contribution in [2.75, 3.05) is 11.4 Å². The van der Waals surface area contributed by atoms with Gasteiger partial charge in [0.15, 0.2) is 5.82 Å². The van der Waals surface area contributed by atoms with E-state index in [0.29, 0.717) is 25.2 Å². The molecule has 2 rings (SSSR count). The summed E-state index contributed by atoms with van der Waals surface area (Å²) in [6.45, 7) is 0.561. The van der Waals surface area contributed by atoms with Crippen LogP contribution in [0.2, 0.25) is 0 Å². The first kappa shape index (κ1) is 13.6. The molecule has 0 aliphatic carbocycles. The van der Waals surface area contributed by atoms with E-state index in [4.69, 9.17) is 5.14 Å². The van der Waals surface area contributed by atoms with Crippen molar-refractivity contribution in [2.24, 2.45) is 11.1 Å². The number of allylic oxidation sites excluding steroid dienone is 1. The highest BCUT2D eigenvalue weighted by atomic mass is 32.2. The molecule has 1 fully saturated rings. The van der Waals surface area contributed by atoms with E-state index in [9.17, 15) is 13.2 Å². The molecule has 1 aliphatic rings. The summed E-state index contributed by atoms with van der Waals surface area (Å²) in [7, 11) is -3.63. The minimum Gasteiger partial charge on any atom is -0.295 e. The number of amides is 1. The van der Waals surface area contributed by atoms with Crippen molar-refractivity contribution in [1.29, 1.82) is 0 Å². The van der Waals surface area contributed by atoms with Crippen molar-refractivity contribution in [1.82, 2.24) is 9.97 Å². The number of rotatable bonds is 4. The number of carbonyl (C=O) groups is 1. The van der Waals surface area contributed by atoms with E-state index >= 15 is 0 Å². The van der Waals surface area contributed by atoms with E-state index in [-0.39, 0.29) is 11.8 Å². The number of primary sulfonamides is 1. The Morgan fingerprint density at radius 2 is 2.26 bits per heavy atom. The maximum atomic E-state index is 12.1. The molecule has 8 heteroatoms. The predicted molar refractivity (Wildman–Crippen MR) is 69.4 cm³/mol. The van der Waals surface area contributed by atoms with E-state index < -0.39 is 10.0 Å². The monoisotopic (exact) mass is 282 g/mol. The van der Waals surface area contributed by atoms with Gasteiger partial charge in [-0.1, -0.05) is 6.08 Å². The Hall–Kier alpha value is -1.80. The number of carbonyl (C=O) groups excluding carboxylic acids is 1. The number of aromatic nitrogens is 2. The topological polar surface area (TPSA) is 106 Å². The van der Waals surface area contributed by atoms with Gasteiger partial charge in [0.25, 0.3) is 0 Å². The zero-order chi connectivity index (χ0) is 13.9.